The molecule has 0 atom stereocenters. The van der Waals surface area contributed by atoms with Crippen molar-refractivity contribution in [1.29, 1.82) is 0 Å². The molecule has 0 radical (unpaired) electrons. The Morgan fingerprint density at radius 3 is 2.59 bits per heavy atom. The molecule has 1 heterocycles. The van der Waals surface area contributed by atoms with Crippen LogP contribution in [0.4, 0.5) is 0 Å². The van der Waals surface area contributed by atoms with Gasteiger partial charge in [-0.25, -0.2) is 4.79 Å². The molecule has 0 saturated heterocycles. The van der Waals surface area contributed by atoms with E-state index in [1.165, 1.54) is 11.3 Å². The lowest BCUT2D eigenvalue weighted by atomic mass is 10.1. The third kappa shape index (κ3) is 4.56. The van der Waals surface area contributed by atoms with Crippen LogP contribution in [0.2, 0.25) is 0 Å². The first-order valence-corrected chi connectivity index (χ1v) is 10.3. The summed E-state index contributed by atoms with van der Waals surface area (Å²) in [6, 6.07) is 11.1. The molecular formula is C22H24N2O4S. The Labute approximate surface area is 173 Å². The number of fused-ring (bicyclic) bond motifs is 1. The van der Waals surface area contributed by atoms with Crippen molar-refractivity contribution in [3.8, 4) is 5.75 Å². The van der Waals surface area contributed by atoms with E-state index in [1.807, 2.05) is 42.7 Å². The van der Waals surface area contributed by atoms with Crippen LogP contribution in [-0.4, -0.2) is 30.2 Å². The van der Waals surface area contributed by atoms with Crippen LogP contribution in [0, 0.1) is 6.92 Å². The predicted octanol–water partition coefficient (Wildman–Crippen LogP) is 3.89. The second-order valence-electron chi connectivity index (χ2n) is 6.52. The number of carbonyl (C=O) groups is 2. The first kappa shape index (κ1) is 20.8. The van der Waals surface area contributed by atoms with Gasteiger partial charge in [0.05, 0.1) is 35.9 Å². The van der Waals surface area contributed by atoms with Crippen LogP contribution in [-0.2, 0) is 22.5 Å². The summed E-state index contributed by atoms with van der Waals surface area (Å²) in [6.07, 6.45) is 0.219. The Balaban J connectivity index is 1.92. The third-order valence-corrected chi connectivity index (χ3v) is 5.59. The van der Waals surface area contributed by atoms with Gasteiger partial charge in [-0.15, -0.1) is 0 Å². The van der Waals surface area contributed by atoms with E-state index in [0.717, 1.165) is 27.1 Å². The van der Waals surface area contributed by atoms with Gasteiger partial charge < -0.3 is 14.0 Å². The number of hydrogen-bond acceptors (Lipinski definition) is 5. The number of methoxy groups -OCH3 is 1. The first-order valence-electron chi connectivity index (χ1n) is 9.48. The number of amides is 1. The van der Waals surface area contributed by atoms with Crippen molar-refractivity contribution in [2.45, 2.75) is 33.7 Å². The smallest absolute Gasteiger partial charge is 0.338 e. The lowest BCUT2D eigenvalue weighted by molar-refractivity contribution is -0.117. The molecule has 7 heteroatoms. The Kier molecular flexibility index (Phi) is 6.49. The highest BCUT2D eigenvalue weighted by Gasteiger charge is 2.12. The van der Waals surface area contributed by atoms with Gasteiger partial charge in [0.2, 0.25) is 0 Å². The van der Waals surface area contributed by atoms with Crippen molar-refractivity contribution < 1.29 is 19.1 Å². The minimum absolute atomic E-state index is 0.214. The minimum Gasteiger partial charge on any atom is -0.496 e. The Bertz CT molecular complexity index is 1130. The third-order valence-electron chi connectivity index (χ3n) is 4.55. The number of ether oxygens (including phenoxy) is 2. The van der Waals surface area contributed by atoms with Crippen molar-refractivity contribution >= 4 is 33.4 Å². The van der Waals surface area contributed by atoms with E-state index < -0.39 is 0 Å². The largest absolute Gasteiger partial charge is 0.496 e. The number of rotatable bonds is 6. The van der Waals surface area contributed by atoms with Gasteiger partial charge in [-0.3, -0.25) is 4.79 Å². The average molecular weight is 413 g/mol. The summed E-state index contributed by atoms with van der Waals surface area (Å²) in [5.41, 5.74) is 3.31. The summed E-state index contributed by atoms with van der Waals surface area (Å²) in [4.78, 5) is 29.5. The molecule has 2 aromatic carbocycles. The fourth-order valence-corrected chi connectivity index (χ4v) is 4.33. The van der Waals surface area contributed by atoms with Gasteiger partial charge in [0.25, 0.3) is 5.91 Å². The summed E-state index contributed by atoms with van der Waals surface area (Å²) in [6.45, 7) is 6.73. The van der Waals surface area contributed by atoms with Crippen molar-refractivity contribution in [2.75, 3.05) is 13.7 Å². The highest BCUT2D eigenvalue weighted by Crippen LogP contribution is 2.21. The topological polar surface area (TPSA) is 69.9 Å². The highest BCUT2D eigenvalue weighted by atomic mass is 32.1. The fourth-order valence-electron chi connectivity index (χ4n) is 3.18. The molecule has 0 aliphatic heterocycles. The molecule has 0 spiro atoms. The number of aryl methyl sites for hydroxylation is 2. The summed E-state index contributed by atoms with van der Waals surface area (Å²) >= 11 is 1.39. The molecule has 1 aromatic heterocycles. The van der Waals surface area contributed by atoms with Gasteiger partial charge in [-0.1, -0.05) is 23.5 Å². The Morgan fingerprint density at radius 2 is 1.93 bits per heavy atom. The number of thiazole rings is 1. The molecular weight excluding hydrogens is 388 g/mol. The van der Waals surface area contributed by atoms with E-state index in [0.29, 0.717) is 23.5 Å². The molecule has 0 fully saturated rings. The molecule has 0 N–H and O–H groups in total. The zero-order chi connectivity index (χ0) is 21.0. The van der Waals surface area contributed by atoms with Gasteiger partial charge in [-0.05, 0) is 56.2 Å². The molecule has 3 rings (SSSR count). The normalized spacial score (nSPS) is 11.7. The van der Waals surface area contributed by atoms with E-state index in [9.17, 15) is 9.59 Å². The minimum atomic E-state index is -0.352. The van der Waals surface area contributed by atoms with Gasteiger partial charge in [0.15, 0.2) is 4.80 Å². The highest BCUT2D eigenvalue weighted by molar-refractivity contribution is 7.16. The summed E-state index contributed by atoms with van der Waals surface area (Å²) in [5.74, 6) is 0.230. The van der Waals surface area contributed by atoms with E-state index in [1.54, 1.807) is 26.2 Å². The predicted molar refractivity (Wildman–Crippen MR) is 113 cm³/mol. The molecule has 0 aliphatic carbocycles. The van der Waals surface area contributed by atoms with Gasteiger partial charge in [0.1, 0.15) is 5.75 Å². The molecule has 3 aromatic rings. The molecule has 0 saturated carbocycles. The van der Waals surface area contributed by atoms with Crippen LogP contribution < -0.4 is 9.54 Å². The molecule has 29 heavy (non-hydrogen) atoms. The maximum absolute atomic E-state index is 12.6. The van der Waals surface area contributed by atoms with Crippen LogP contribution in [0.15, 0.2) is 41.4 Å². The van der Waals surface area contributed by atoms with E-state index in [2.05, 4.69) is 4.99 Å². The van der Waals surface area contributed by atoms with Crippen molar-refractivity contribution in [1.82, 2.24) is 4.57 Å². The maximum atomic E-state index is 12.6. The van der Waals surface area contributed by atoms with Crippen LogP contribution in [0.25, 0.3) is 10.2 Å². The number of hydrogen-bond donors (Lipinski definition) is 0. The summed E-state index contributed by atoms with van der Waals surface area (Å²) < 4.78 is 13.2. The second kappa shape index (κ2) is 9.05. The van der Waals surface area contributed by atoms with Crippen molar-refractivity contribution in [3.05, 3.63) is 57.9 Å². The van der Waals surface area contributed by atoms with Crippen LogP contribution in [0.3, 0.4) is 0 Å². The second-order valence-corrected chi connectivity index (χ2v) is 7.53. The number of nitrogens with zero attached hydrogens (tertiary/aromatic N) is 2. The SMILES string of the molecule is CCOC(=O)c1ccc2c(c1)sc(=NC(=O)Cc1ccc(OC)c(C)c1)n2CC. The molecule has 0 unspecified atom stereocenters. The Hall–Kier alpha value is -2.93. The molecule has 152 valence electrons. The maximum Gasteiger partial charge on any atom is 0.338 e. The zero-order valence-electron chi connectivity index (χ0n) is 17.0. The van der Waals surface area contributed by atoms with E-state index in [4.69, 9.17) is 9.47 Å². The van der Waals surface area contributed by atoms with Gasteiger partial charge in [0, 0.05) is 6.54 Å². The molecule has 0 bridgehead atoms. The summed E-state index contributed by atoms with van der Waals surface area (Å²) in [7, 11) is 1.63. The zero-order valence-corrected chi connectivity index (χ0v) is 17.8. The molecule has 6 nitrogen and oxygen atoms in total. The number of carbonyl (C=O) groups excluding carboxylic acids is 2. The van der Waals surface area contributed by atoms with Crippen molar-refractivity contribution in [3.63, 3.8) is 0 Å². The lowest BCUT2D eigenvalue weighted by Crippen LogP contribution is -2.16. The molecule has 0 aliphatic rings. The van der Waals surface area contributed by atoms with Crippen LogP contribution in [0.1, 0.15) is 35.3 Å². The lowest BCUT2D eigenvalue weighted by Gasteiger charge is -2.06. The van der Waals surface area contributed by atoms with E-state index in [-0.39, 0.29) is 18.3 Å². The standard InChI is InChI=1S/C22H24N2O4S/c1-5-24-17-9-8-16(21(26)28-6-2)13-19(17)29-22(24)23-20(25)12-15-7-10-18(27-4)14(3)11-15/h7-11,13H,5-6,12H2,1-4H3. The van der Waals surface area contributed by atoms with Gasteiger partial charge >= 0.3 is 5.97 Å². The number of aromatic nitrogens is 1. The van der Waals surface area contributed by atoms with Crippen LogP contribution in [0.5, 0.6) is 5.75 Å². The number of benzene rings is 2. The van der Waals surface area contributed by atoms with Gasteiger partial charge in [-0.2, -0.15) is 4.99 Å². The fraction of sp³-hybridized carbons (Fsp3) is 0.318. The average Bonchev–Trinajstić information content (AvgIpc) is 3.04. The van der Waals surface area contributed by atoms with Crippen molar-refractivity contribution in [2.24, 2.45) is 4.99 Å². The first-order chi connectivity index (χ1) is 14.0. The summed E-state index contributed by atoms with van der Waals surface area (Å²) in [5, 5.41) is 0. The van der Waals surface area contributed by atoms with Crippen LogP contribution >= 0.6 is 11.3 Å². The Morgan fingerprint density at radius 1 is 1.14 bits per heavy atom. The monoisotopic (exact) mass is 412 g/mol. The number of esters is 1. The molecule has 1 amide bonds. The quantitative estimate of drug-likeness (QED) is 0.576. The van der Waals surface area contributed by atoms with E-state index >= 15 is 0 Å².